The van der Waals surface area contributed by atoms with Gasteiger partial charge in [0.2, 0.25) is 0 Å². The highest BCUT2D eigenvalue weighted by molar-refractivity contribution is 1.73. The van der Waals surface area contributed by atoms with Crippen LogP contribution in [0.3, 0.4) is 0 Å². The summed E-state index contributed by atoms with van der Waals surface area (Å²) in [6.45, 7) is 0. The fourth-order valence-electron chi connectivity index (χ4n) is 0. The molecule has 0 saturated heterocycles. The van der Waals surface area contributed by atoms with Crippen LogP contribution in [0.2, 0.25) is 0 Å². The smallest absolute Gasteiger partial charge is 0.427 e. The Morgan fingerprint density at radius 1 is 1.25 bits per heavy atom. The molecule has 0 bridgehead atoms. The molecule has 0 amide bonds. The van der Waals surface area contributed by atoms with Crippen LogP contribution in [0.25, 0.3) is 0 Å². The second-order valence-electron chi connectivity index (χ2n) is 0.189. The largest absolute Gasteiger partial charge is 1.00 e. The minimum Gasteiger partial charge on any atom is -0.427 e. The van der Waals surface area contributed by atoms with E-state index in [-0.39, 0.29) is 1.43 Å². The summed E-state index contributed by atoms with van der Waals surface area (Å²) in [5, 5.41) is 0. The molecule has 0 fully saturated rings. The van der Waals surface area contributed by atoms with Crippen molar-refractivity contribution in [1.82, 2.24) is 0 Å². The Bertz CT molecular complexity index is 11.6. The van der Waals surface area contributed by atoms with Crippen LogP contribution in [0, 0.1) is 0 Å². The summed E-state index contributed by atoms with van der Waals surface area (Å²) >= 11 is -4.01. The molecule has 0 aromatic rings. The number of halogens is 1. The normalized spacial score (nSPS) is 9.00. The van der Waals surface area contributed by atoms with Gasteiger partial charge in [0.25, 0.3) is 21.1 Å². The molecule has 0 aliphatic rings. The van der Waals surface area contributed by atoms with Crippen molar-refractivity contribution in [2.45, 2.75) is 0 Å². The van der Waals surface area contributed by atoms with Gasteiger partial charge in [-0.3, -0.25) is 0 Å². The van der Waals surface area contributed by atoms with Crippen LogP contribution < -0.4 is 31.4 Å². The molecule has 0 aliphatic carbocycles. The lowest BCUT2D eigenvalue weighted by atomic mass is 16.0. The number of hydrogen-bond acceptors (Lipinski definition) is 3. The molecular weight excluding hydrogens is 175 g/mol. The topological polar surface area (TPSA) is 69.2 Å². The lowest BCUT2D eigenvalue weighted by Gasteiger charge is -1.84. The lowest BCUT2D eigenvalue weighted by Crippen LogP contribution is -4.05. The van der Waals surface area contributed by atoms with Crippen LogP contribution in [0.4, 0.5) is 0 Å². The van der Waals surface area contributed by atoms with E-state index in [1.807, 2.05) is 0 Å². The molecule has 0 unspecified atom stereocenters. The van der Waals surface area contributed by atoms with E-state index in [1.165, 1.54) is 0 Å². The average Bonchev–Trinajstić information content (AvgIpc) is 0.811. The number of hydrogen-bond donors (Lipinski definition) is 0. The molecule has 0 rings (SSSR count). The monoisotopic (exact) mass is 176 g/mol. The van der Waals surface area contributed by atoms with Crippen LogP contribution in [0.15, 0.2) is 0 Å². The first-order valence-corrected chi connectivity index (χ1v) is 3.11. The minimum absolute atomic E-state index is 0. The highest BCUT2D eigenvalue weighted by Crippen LogP contribution is -0.137. The average molecular weight is 176 g/mol. The van der Waals surface area contributed by atoms with Crippen LogP contribution >= 0.6 is 0 Å². The zero-order valence-corrected chi connectivity index (χ0v) is 3.76. The Morgan fingerprint density at radius 3 is 1.25 bits per heavy atom. The third-order valence-electron chi connectivity index (χ3n) is 0. The third-order valence-corrected chi connectivity index (χ3v) is 0. The first-order valence-electron chi connectivity index (χ1n) is 0.463. The molecule has 26 valence electrons. The van der Waals surface area contributed by atoms with Crippen LogP contribution in [-0.2, 0) is 0 Å². The first kappa shape index (κ1) is 4.61. The predicted octanol–water partition coefficient (Wildman–Crippen LogP) is -6.45. The Morgan fingerprint density at radius 2 is 1.25 bits per heavy atom. The second-order valence-corrected chi connectivity index (χ2v) is 1.27. The molecule has 0 heterocycles. The van der Waals surface area contributed by atoms with Crippen molar-refractivity contribution in [1.29, 1.82) is 0 Å². The molecule has 0 aromatic heterocycles. The van der Waals surface area contributed by atoms with E-state index in [0.717, 1.165) is 0 Å². The van der Waals surface area contributed by atoms with Gasteiger partial charge in [-0.15, -0.1) is 0 Å². The van der Waals surface area contributed by atoms with E-state index < -0.39 is 21.1 Å². The third kappa shape index (κ3) is 18.2. The van der Waals surface area contributed by atoms with E-state index >= 15 is 0 Å². The molecule has 0 aliphatic heterocycles. The lowest BCUT2D eigenvalue weighted by molar-refractivity contribution is -1.73. The van der Waals surface area contributed by atoms with Crippen LogP contribution in [-0.4, -0.2) is 0 Å². The van der Waals surface area contributed by atoms with Gasteiger partial charge in [0, 0.05) is 0 Å². The second kappa shape index (κ2) is 1.89. The first-order chi connectivity index (χ1) is 1.73. The van der Waals surface area contributed by atoms with E-state index in [4.69, 9.17) is 10.3 Å². The SMILES string of the molecule is [H+].[O-][I+2]([O-])[O-]. The Labute approximate surface area is 33.4 Å². The van der Waals surface area contributed by atoms with Gasteiger partial charge >= 0.3 is 1.43 Å². The minimum atomic E-state index is -4.01. The van der Waals surface area contributed by atoms with E-state index in [9.17, 15) is 0 Å². The summed E-state index contributed by atoms with van der Waals surface area (Å²) in [5.41, 5.74) is 0. The summed E-state index contributed by atoms with van der Waals surface area (Å²) in [5.74, 6) is 0. The number of rotatable bonds is 0. The summed E-state index contributed by atoms with van der Waals surface area (Å²) in [6.07, 6.45) is 0. The summed E-state index contributed by atoms with van der Waals surface area (Å²) in [7, 11) is 0. The van der Waals surface area contributed by atoms with Crippen LogP contribution in [0.5, 0.6) is 0 Å². The van der Waals surface area contributed by atoms with E-state index in [0.29, 0.717) is 0 Å². The van der Waals surface area contributed by atoms with Gasteiger partial charge in [0.15, 0.2) is 0 Å². The Kier molecular flexibility index (Phi) is 2.17. The van der Waals surface area contributed by atoms with Crippen molar-refractivity contribution < 1.29 is 32.8 Å². The predicted molar refractivity (Wildman–Crippen MR) is 1.11 cm³/mol. The Hall–Kier alpha value is 0.610. The summed E-state index contributed by atoms with van der Waals surface area (Å²) < 4.78 is 25.7. The molecule has 0 N–H and O–H groups in total. The van der Waals surface area contributed by atoms with Gasteiger partial charge in [0.05, 0.1) is 0 Å². The maximum absolute atomic E-state index is 8.57. The van der Waals surface area contributed by atoms with E-state index in [1.54, 1.807) is 0 Å². The molecule has 3 nitrogen and oxygen atoms in total. The quantitative estimate of drug-likeness (QED) is 0.344. The summed E-state index contributed by atoms with van der Waals surface area (Å²) in [4.78, 5) is 0. The van der Waals surface area contributed by atoms with E-state index in [2.05, 4.69) is 0 Å². The fourth-order valence-corrected chi connectivity index (χ4v) is 0. The van der Waals surface area contributed by atoms with Crippen molar-refractivity contribution in [2.24, 2.45) is 0 Å². The molecule has 0 saturated carbocycles. The molecule has 4 heteroatoms. The molecular formula is HIO3. The Balaban J connectivity index is 0. The molecule has 0 radical (unpaired) electrons. The van der Waals surface area contributed by atoms with Crippen molar-refractivity contribution in [3.05, 3.63) is 0 Å². The zero-order valence-electron chi connectivity index (χ0n) is 2.60. The highest BCUT2D eigenvalue weighted by Gasteiger charge is 1.70. The van der Waals surface area contributed by atoms with Crippen LogP contribution in [0.1, 0.15) is 1.43 Å². The highest BCUT2D eigenvalue weighted by atomic mass is 127. The van der Waals surface area contributed by atoms with Crippen molar-refractivity contribution >= 4 is 0 Å². The summed E-state index contributed by atoms with van der Waals surface area (Å²) in [6, 6.07) is 0. The molecule has 4 heavy (non-hydrogen) atoms. The fraction of sp³-hybridized carbons (Fsp3) is 0. The molecule has 0 aromatic carbocycles. The van der Waals surface area contributed by atoms with Gasteiger partial charge < -0.3 is 10.3 Å². The van der Waals surface area contributed by atoms with Crippen molar-refractivity contribution in [2.75, 3.05) is 0 Å². The molecule has 0 spiro atoms. The van der Waals surface area contributed by atoms with Crippen molar-refractivity contribution in [3.63, 3.8) is 0 Å². The van der Waals surface area contributed by atoms with Gasteiger partial charge in [0.1, 0.15) is 0 Å². The zero-order chi connectivity index (χ0) is 3.58. The van der Waals surface area contributed by atoms with Gasteiger partial charge in [-0.1, -0.05) is 0 Å². The van der Waals surface area contributed by atoms with Crippen molar-refractivity contribution in [3.8, 4) is 0 Å². The molecule has 0 atom stereocenters. The van der Waals surface area contributed by atoms with Gasteiger partial charge in [-0.05, 0) is 0 Å². The van der Waals surface area contributed by atoms with Gasteiger partial charge in [-0.25, -0.2) is 0 Å². The van der Waals surface area contributed by atoms with Gasteiger partial charge in [-0.2, -0.15) is 0 Å². The maximum Gasteiger partial charge on any atom is 1.00 e. The maximum atomic E-state index is 8.57. The standard InChI is InChI=1S/IO3/c2-1(3)4/q-1/p+1.